The first-order valence-corrected chi connectivity index (χ1v) is 7.66. The predicted octanol–water partition coefficient (Wildman–Crippen LogP) is 0.941. The van der Waals surface area contributed by atoms with Crippen LogP contribution in [0.4, 0.5) is 4.39 Å². The van der Waals surface area contributed by atoms with E-state index >= 15 is 0 Å². The molecule has 128 valence electrons. The summed E-state index contributed by atoms with van der Waals surface area (Å²) in [5, 5.41) is 3.11. The van der Waals surface area contributed by atoms with Crippen LogP contribution in [0.5, 0.6) is 0 Å². The number of ether oxygens (including phenoxy) is 1. The molecule has 0 spiro atoms. The molecule has 1 aromatic rings. The predicted molar refractivity (Wildman–Crippen MR) is 82.2 cm³/mol. The van der Waals surface area contributed by atoms with E-state index in [1.165, 1.54) is 26.3 Å². The molecule has 2 amide bonds. The number of hydrogen-bond acceptors (Lipinski definition) is 5. The number of nitrogens with zero attached hydrogens (tertiary/aromatic N) is 1. The summed E-state index contributed by atoms with van der Waals surface area (Å²) in [7, 11) is 2.65. The van der Waals surface area contributed by atoms with Crippen LogP contribution >= 0.6 is 0 Å². The quantitative estimate of drug-likeness (QED) is 0.643. The Morgan fingerprint density at radius 2 is 2.00 bits per heavy atom. The Kier molecular flexibility index (Phi) is 3.71. The van der Waals surface area contributed by atoms with Crippen molar-refractivity contribution in [3.05, 3.63) is 35.1 Å². The SMILES string of the molecule is COC(=O)[C@@]1(C)N[C@@H](c2ccc(F)cc2C)[C@H]2C(=O)N(C)C(=O)[C@H]21. The smallest absolute Gasteiger partial charge is 0.326 e. The molecule has 6 nitrogen and oxygen atoms in total. The van der Waals surface area contributed by atoms with E-state index in [1.807, 2.05) is 0 Å². The van der Waals surface area contributed by atoms with Crippen LogP contribution in [-0.4, -0.2) is 42.4 Å². The van der Waals surface area contributed by atoms with Gasteiger partial charge in [0.15, 0.2) is 0 Å². The second-order valence-electron chi connectivity index (χ2n) is 6.56. The number of hydrogen-bond donors (Lipinski definition) is 1. The lowest BCUT2D eigenvalue weighted by Gasteiger charge is -2.28. The van der Waals surface area contributed by atoms with Gasteiger partial charge in [-0.25, -0.2) is 4.39 Å². The topological polar surface area (TPSA) is 75.7 Å². The number of amides is 2. The number of esters is 1. The molecule has 7 heteroatoms. The van der Waals surface area contributed by atoms with E-state index in [1.54, 1.807) is 19.9 Å². The van der Waals surface area contributed by atoms with Gasteiger partial charge in [-0.05, 0) is 37.1 Å². The van der Waals surface area contributed by atoms with Gasteiger partial charge in [0.25, 0.3) is 0 Å². The summed E-state index contributed by atoms with van der Waals surface area (Å²) in [4.78, 5) is 38.5. The van der Waals surface area contributed by atoms with E-state index in [9.17, 15) is 18.8 Å². The number of nitrogens with one attached hydrogen (secondary N) is 1. The summed E-state index contributed by atoms with van der Waals surface area (Å²) in [6.07, 6.45) is 0. The molecule has 1 N–H and O–H groups in total. The molecule has 2 aliphatic heterocycles. The number of imide groups is 1. The maximum Gasteiger partial charge on any atom is 0.326 e. The minimum atomic E-state index is -1.32. The van der Waals surface area contributed by atoms with Crippen molar-refractivity contribution in [2.45, 2.75) is 25.4 Å². The number of rotatable bonds is 2. The molecule has 24 heavy (non-hydrogen) atoms. The minimum Gasteiger partial charge on any atom is -0.468 e. The van der Waals surface area contributed by atoms with Crippen molar-refractivity contribution in [3.63, 3.8) is 0 Å². The average Bonchev–Trinajstić information content (AvgIpc) is 2.97. The van der Waals surface area contributed by atoms with Gasteiger partial charge < -0.3 is 4.74 Å². The summed E-state index contributed by atoms with van der Waals surface area (Å²) in [5.74, 6) is -3.32. The van der Waals surface area contributed by atoms with Gasteiger partial charge >= 0.3 is 5.97 Å². The molecule has 0 aromatic heterocycles. The molecule has 0 radical (unpaired) electrons. The lowest BCUT2D eigenvalue weighted by Crippen LogP contribution is -2.53. The van der Waals surface area contributed by atoms with Gasteiger partial charge in [-0.15, -0.1) is 0 Å². The van der Waals surface area contributed by atoms with Crippen molar-refractivity contribution in [1.29, 1.82) is 0 Å². The van der Waals surface area contributed by atoms with Crippen molar-refractivity contribution in [2.75, 3.05) is 14.2 Å². The number of aryl methyl sites for hydroxylation is 1. The molecule has 0 bridgehead atoms. The van der Waals surface area contributed by atoms with Gasteiger partial charge in [0.1, 0.15) is 11.4 Å². The van der Waals surface area contributed by atoms with Crippen LogP contribution in [0, 0.1) is 24.6 Å². The first-order valence-electron chi connectivity index (χ1n) is 7.66. The zero-order chi connectivity index (χ0) is 17.8. The maximum absolute atomic E-state index is 13.4. The van der Waals surface area contributed by atoms with Crippen LogP contribution < -0.4 is 5.32 Å². The third-order valence-electron chi connectivity index (χ3n) is 5.18. The third kappa shape index (κ3) is 2.07. The molecular formula is C17H19FN2O4. The minimum absolute atomic E-state index is 0.348. The fourth-order valence-corrected chi connectivity index (χ4v) is 3.94. The van der Waals surface area contributed by atoms with E-state index in [4.69, 9.17) is 4.74 Å². The van der Waals surface area contributed by atoms with Gasteiger partial charge in [-0.1, -0.05) is 6.07 Å². The highest BCUT2D eigenvalue weighted by atomic mass is 19.1. The summed E-state index contributed by atoms with van der Waals surface area (Å²) in [6, 6.07) is 3.68. The highest BCUT2D eigenvalue weighted by molar-refractivity contribution is 6.09. The molecule has 2 fully saturated rings. The molecule has 4 atom stereocenters. The van der Waals surface area contributed by atoms with Gasteiger partial charge in [0, 0.05) is 13.1 Å². The van der Waals surface area contributed by atoms with E-state index in [0.717, 1.165) is 4.90 Å². The lowest BCUT2D eigenvalue weighted by atomic mass is 9.80. The molecule has 0 unspecified atom stereocenters. The Bertz CT molecular complexity index is 750. The monoisotopic (exact) mass is 334 g/mol. The van der Waals surface area contributed by atoms with Crippen molar-refractivity contribution >= 4 is 17.8 Å². The Morgan fingerprint density at radius 1 is 1.33 bits per heavy atom. The van der Waals surface area contributed by atoms with E-state index in [2.05, 4.69) is 5.32 Å². The van der Waals surface area contributed by atoms with Crippen molar-refractivity contribution in [2.24, 2.45) is 11.8 Å². The summed E-state index contributed by atoms with van der Waals surface area (Å²) in [6.45, 7) is 3.30. The first kappa shape index (κ1) is 16.6. The lowest BCUT2D eigenvalue weighted by molar-refractivity contribution is -0.152. The molecule has 3 rings (SSSR count). The Balaban J connectivity index is 2.13. The number of benzene rings is 1. The number of fused-ring (bicyclic) bond motifs is 1. The molecule has 0 saturated carbocycles. The zero-order valence-corrected chi connectivity index (χ0v) is 13.9. The third-order valence-corrected chi connectivity index (χ3v) is 5.18. The Hall–Kier alpha value is -2.28. The molecule has 1 aromatic carbocycles. The molecular weight excluding hydrogens is 315 g/mol. The van der Waals surface area contributed by atoms with E-state index in [-0.39, 0.29) is 11.7 Å². The number of halogens is 1. The van der Waals surface area contributed by atoms with Gasteiger partial charge in [-0.2, -0.15) is 0 Å². The van der Waals surface area contributed by atoms with E-state index in [0.29, 0.717) is 11.1 Å². The second-order valence-corrected chi connectivity index (χ2v) is 6.56. The van der Waals surface area contributed by atoms with Crippen LogP contribution in [0.1, 0.15) is 24.1 Å². The van der Waals surface area contributed by atoms with Crippen molar-refractivity contribution in [1.82, 2.24) is 10.2 Å². The van der Waals surface area contributed by atoms with Crippen LogP contribution in [0.25, 0.3) is 0 Å². The average molecular weight is 334 g/mol. The molecule has 2 saturated heterocycles. The largest absolute Gasteiger partial charge is 0.468 e. The van der Waals surface area contributed by atoms with Gasteiger partial charge in [-0.3, -0.25) is 24.6 Å². The normalized spacial score (nSPS) is 32.2. The highest BCUT2D eigenvalue weighted by Gasteiger charge is 2.66. The summed E-state index contributed by atoms with van der Waals surface area (Å²) >= 11 is 0. The van der Waals surface area contributed by atoms with Crippen LogP contribution in [0.3, 0.4) is 0 Å². The number of likely N-dealkylation sites (tertiary alicyclic amines) is 1. The fourth-order valence-electron chi connectivity index (χ4n) is 3.94. The Morgan fingerprint density at radius 3 is 2.58 bits per heavy atom. The van der Waals surface area contributed by atoms with Gasteiger partial charge in [0.05, 0.1) is 18.9 Å². The van der Waals surface area contributed by atoms with Crippen molar-refractivity contribution < 1.29 is 23.5 Å². The fraction of sp³-hybridized carbons (Fsp3) is 0.471. The molecule has 2 aliphatic rings. The summed E-state index contributed by atoms with van der Waals surface area (Å²) in [5.41, 5.74) is 0.0215. The second kappa shape index (κ2) is 5.37. The van der Waals surface area contributed by atoms with Crippen LogP contribution in [-0.2, 0) is 19.1 Å². The standard InChI is InChI=1S/C17H19FN2O4/c1-8-7-9(18)5-6-10(8)13-11-12(15(22)20(3)14(11)21)17(2,19-13)16(23)24-4/h5-7,11-13,19H,1-4H3/t11-,12-,13-,17-/m0/s1. The zero-order valence-electron chi connectivity index (χ0n) is 13.9. The molecule has 0 aliphatic carbocycles. The van der Waals surface area contributed by atoms with Crippen LogP contribution in [0.2, 0.25) is 0 Å². The Labute approximate surface area is 139 Å². The first-order chi connectivity index (χ1) is 11.2. The maximum atomic E-state index is 13.4. The van der Waals surface area contributed by atoms with Gasteiger partial charge in [0.2, 0.25) is 11.8 Å². The van der Waals surface area contributed by atoms with Crippen molar-refractivity contribution in [3.8, 4) is 0 Å². The summed E-state index contributed by atoms with van der Waals surface area (Å²) < 4.78 is 18.3. The highest BCUT2D eigenvalue weighted by Crippen LogP contribution is 2.49. The number of methoxy groups -OCH3 is 1. The molecule has 2 heterocycles. The van der Waals surface area contributed by atoms with Crippen LogP contribution in [0.15, 0.2) is 18.2 Å². The van der Waals surface area contributed by atoms with E-state index < -0.39 is 35.3 Å². The number of carbonyl (C=O) groups is 3. The number of carbonyl (C=O) groups excluding carboxylic acids is 3.